The van der Waals surface area contributed by atoms with Gasteiger partial charge in [0.05, 0.1) is 11.6 Å². The molecule has 1 aliphatic heterocycles. The fraction of sp³-hybridized carbons (Fsp3) is 0.154. The predicted molar refractivity (Wildman–Crippen MR) is 58.9 cm³/mol. The van der Waals surface area contributed by atoms with Crippen molar-refractivity contribution in [1.29, 1.82) is 0 Å². The first-order valence-corrected chi connectivity index (χ1v) is 5.26. The molecule has 0 aliphatic carbocycles. The number of hydrogen-bond acceptors (Lipinski definition) is 0. The van der Waals surface area contributed by atoms with Gasteiger partial charge in [-0.25, -0.2) is 8.97 Å². The van der Waals surface area contributed by atoms with Gasteiger partial charge in [0.15, 0.2) is 0 Å². The Balaban J connectivity index is 2.42. The summed E-state index contributed by atoms with van der Waals surface area (Å²) in [6.45, 7) is 3.20. The van der Waals surface area contributed by atoms with Gasteiger partial charge in [-0.3, -0.25) is 0 Å². The van der Waals surface area contributed by atoms with Crippen LogP contribution in [0, 0.1) is 6.92 Å². The molecule has 0 saturated carbocycles. The SMILES string of the molecule is Cc1c[n+]2ccc3cccc4c3c2n1C4. The molecule has 2 nitrogen and oxygen atoms in total. The molecule has 0 bridgehead atoms. The van der Waals surface area contributed by atoms with Gasteiger partial charge in [-0.15, -0.1) is 0 Å². The van der Waals surface area contributed by atoms with E-state index >= 15 is 0 Å². The van der Waals surface area contributed by atoms with Crippen LogP contribution in [0.2, 0.25) is 0 Å². The van der Waals surface area contributed by atoms with Gasteiger partial charge in [-0.05, 0) is 11.5 Å². The molecular weight excluding hydrogens is 184 g/mol. The molecule has 1 aliphatic rings. The Morgan fingerprint density at radius 1 is 1.27 bits per heavy atom. The second kappa shape index (κ2) is 2.22. The Hall–Kier alpha value is -1.83. The minimum atomic E-state index is 1.03. The number of pyridine rings is 1. The smallest absolute Gasteiger partial charge is 0.223 e. The van der Waals surface area contributed by atoms with Crippen LogP contribution in [0.1, 0.15) is 11.3 Å². The molecule has 1 aromatic carbocycles. The van der Waals surface area contributed by atoms with E-state index < -0.39 is 0 Å². The molecule has 0 N–H and O–H groups in total. The van der Waals surface area contributed by atoms with E-state index in [1.807, 2.05) is 0 Å². The zero-order valence-electron chi connectivity index (χ0n) is 8.57. The summed E-state index contributed by atoms with van der Waals surface area (Å²) in [5, 5.41) is 2.78. The van der Waals surface area contributed by atoms with Crippen LogP contribution in [0.15, 0.2) is 36.7 Å². The minimum absolute atomic E-state index is 1.03. The Bertz CT molecular complexity index is 707. The topological polar surface area (TPSA) is 9.03 Å². The maximum atomic E-state index is 2.39. The van der Waals surface area contributed by atoms with Crippen molar-refractivity contribution in [1.82, 2.24) is 4.57 Å². The van der Waals surface area contributed by atoms with Crippen LogP contribution in [0.25, 0.3) is 16.4 Å². The molecule has 4 rings (SSSR count). The van der Waals surface area contributed by atoms with Crippen molar-refractivity contribution in [3.63, 3.8) is 0 Å². The van der Waals surface area contributed by atoms with Gasteiger partial charge < -0.3 is 0 Å². The molecule has 0 unspecified atom stereocenters. The predicted octanol–water partition coefficient (Wildman–Crippen LogP) is 2.05. The van der Waals surface area contributed by atoms with Gasteiger partial charge >= 0.3 is 0 Å². The van der Waals surface area contributed by atoms with E-state index in [9.17, 15) is 0 Å². The average molecular weight is 195 g/mol. The molecule has 2 aromatic heterocycles. The standard InChI is InChI=1S/C13H11N2/c1-9-7-14-6-5-10-3-2-4-11-8-15(9)13(14)12(10)11/h2-7H,8H2,1H3/q+1. The van der Waals surface area contributed by atoms with E-state index in [4.69, 9.17) is 0 Å². The molecule has 0 saturated heterocycles. The number of nitrogens with zero attached hydrogens (tertiary/aromatic N) is 2. The molecule has 72 valence electrons. The Kier molecular flexibility index (Phi) is 1.10. The van der Waals surface area contributed by atoms with E-state index in [1.54, 1.807) is 0 Å². The zero-order chi connectivity index (χ0) is 9.99. The van der Waals surface area contributed by atoms with Crippen LogP contribution in [-0.2, 0) is 6.54 Å². The lowest BCUT2D eigenvalue weighted by Crippen LogP contribution is -2.17. The van der Waals surface area contributed by atoms with Crippen molar-refractivity contribution < 1.29 is 4.40 Å². The molecule has 0 fully saturated rings. The number of rotatable bonds is 0. The summed E-state index contributed by atoms with van der Waals surface area (Å²) in [7, 11) is 0. The third-order valence-electron chi connectivity index (χ3n) is 3.40. The number of imidazole rings is 1. The largest absolute Gasteiger partial charge is 0.295 e. The van der Waals surface area contributed by atoms with Crippen molar-refractivity contribution >= 4 is 16.4 Å². The molecule has 2 heteroatoms. The van der Waals surface area contributed by atoms with Gasteiger partial charge in [0, 0.05) is 12.5 Å². The summed E-state index contributed by atoms with van der Waals surface area (Å²) in [6.07, 6.45) is 4.35. The third-order valence-corrected chi connectivity index (χ3v) is 3.40. The van der Waals surface area contributed by atoms with Gasteiger partial charge in [0.2, 0.25) is 0 Å². The molecule has 0 radical (unpaired) electrons. The number of aromatic nitrogens is 2. The molecule has 15 heavy (non-hydrogen) atoms. The molecule has 0 amide bonds. The van der Waals surface area contributed by atoms with Gasteiger partial charge in [0.1, 0.15) is 18.4 Å². The minimum Gasteiger partial charge on any atom is -0.223 e. The molecular formula is C13H11N2+. The van der Waals surface area contributed by atoms with Crippen molar-refractivity contribution in [2.24, 2.45) is 0 Å². The van der Waals surface area contributed by atoms with Gasteiger partial charge in [-0.1, -0.05) is 18.2 Å². The molecule has 3 heterocycles. The lowest BCUT2D eigenvalue weighted by atomic mass is 10.1. The van der Waals surface area contributed by atoms with Crippen LogP contribution in [0.5, 0.6) is 0 Å². The van der Waals surface area contributed by atoms with E-state index in [0.29, 0.717) is 0 Å². The van der Waals surface area contributed by atoms with Gasteiger partial charge in [0.25, 0.3) is 5.65 Å². The summed E-state index contributed by atoms with van der Waals surface area (Å²) in [5.41, 5.74) is 4.13. The van der Waals surface area contributed by atoms with E-state index in [-0.39, 0.29) is 0 Å². The van der Waals surface area contributed by atoms with Crippen molar-refractivity contribution in [3.8, 4) is 0 Å². The van der Waals surface area contributed by atoms with E-state index in [0.717, 1.165) is 6.54 Å². The normalized spacial score (nSPS) is 13.4. The van der Waals surface area contributed by atoms with Crippen LogP contribution in [0.4, 0.5) is 0 Å². The molecule has 0 atom stereocenters. The quantitative estimate of drug-likeness (QED) is 0.380. The zero-order valence-corrected chi connectivity index (χ0v) is 8.57. The number of benzene rings is 1. The van der Waals surface area contributed by atoms with E-state index in [1.165, 1.54) is 27.7 Å². The Morgan fingerprint density at radius 3 is 3.13 bits per heavy atom. The van der Waals surface area contributed by atoms with Crippen LogP contribution in [0.3, 0.4) is 0 Å². The highest BCUT2D eigenvalue weighted by atomic mass is 15.1. The average Bonchev–Trinajstić information content (AvgIpc) is 2.76. The lowest BCUT2D eigenvalue weighted by Gasteiger charge is -1.95. The third kappa shape index (κ3) is 0.743. The van der Waals surface area contributed by atoms with Crippen molar-refractivity contribution in [3.05, 3.63) is 47.9 Å². The Labute approximate surface area is 87.4 Å². The first-order valence-electron chi connectivity index (χ1n) is 5.26. The monoisotopic (exact) mass is 195 g/mol. The summed E-state index contributed by atoms with van der Waals surface area (Å²) >= 11 is 0. The molecule has 0 spiro atoms. The first kappa shape index (κ1) is 7.46. The number of aryl methyl sites for hydroxylation is 1. The van der Waals surface area contributed by atoms with Crippen molar-refractivity contribution in [2.75, 3.05) is 0 Å². The number of hydrogen-bond donors (Lipinski definition) is 0. The highest BCUT2D eigenvalue weighted by Gasteiger charge is 2.25. The van der Waals surface area contributed by atoms with Crippen LogP contribution < -0.4 is 4.40 Å². The van der Waals surface area contributed by atoms with Crippen LogP contribution >= 0.6 is 0 Å². The summed E-state index contributed by atoms with van der Waals surface area (Å²) in [5.74, 6) is 0. The van der Waals surface area contributed by atoms with Gasteiger partial charge in [-0.2, -0.15) is 0 Å². The van der Waals surface area contributed by atoms with Crippen LogP contribution in [-0.4, -0.2) is 4.57 Å². The highest BCUT2D eigenvalue weighted by molar-refractivity contribution is 5.96. The summed E-state index contributed by atoms with van der Waals surface area (Å²) < 4.78 is 4.62. The fourth-order valence-electron chi connectivity index (χ4n) is 2.71. The Morgan fingerprint density at radius 2 is 2.20 bits per heavy atom. The maximum absolute atomic E-state index is 2.39. The second-order valence-corrected chi connectivity index (χ2v) is 4.28. The maximum Gasteiger partial charge on any atom is 0.295 e. The van der Waals surface area contributed by atoms with Crippen molar-refractivity contribution in [2.45, 2.75) is 13.5 Å². The second-order valence-electron chi connectivity index (χ2n) is 4.28. The summed E-state index contributed by atoms with van der Waals surface area (Å²) in [6, 6.07) is 8.77. The first-order chi connectivity index (χ1) is 7.34. The molecule has 3 aromatic rings. The summed E-state index contributed by atoms with van der Waals surface area (Å²) in [4.78, 5) is 0. The fourth-order valence-corrected chi connectivity index (χ4v) is 2.71. The lowest BCUT2D eigenvalue weighted by molar-refractivity contribution is -0.509. The van der Waals surface area contributed by atoms with E-state index in [2.05, 4.69) is 52.6 Å². The highest BCUT2D eigenvalue weighted by Crippen LogP contribution is 2.29.